The number of hydrogen-bond donors (Lipinski definition) is 2. The molecule has 2 rings (SSSR count). The van der Waals surface area contributed by atoms with Crippen LogP contribution in [0.2, 0.25) is 0 Å². The van der Waals surface area contributed by atoms with Crippen LogP contribution >= 0.6 is 0 Å². The number of aromatic nitrogens is 2. The summed E-state index contributed by atoms with van der Waals surface area (Å²) in [5.41, 5.74) is 0.778. The Labute approximate surface area is 87.4 Å². The molecule has 1 aliphatic heterocycles. The molecule has 1 aliphatic rings. The van der Waals surface area contributed by atoms with Crippen LogP contribution in [-0.4, -0.2) is 32.3 Å². The Morgan fingerprint density at radius 2 is 2.47 bits per heavy atom. The molecule has 2 heterocycles. The van der Waals surface area contributed by atoms with Crippen LogP contribution in [0.15, 0.2) is 6.20 Å². The van der Waals surface area contributed by atoms with E-state index < -0.39 is 12.0 Å². The van der Waals surface area contributed by atoms with Crippen LogP contribution in [0.4, 0.5) is 0 Å². The molecule has 0 fully saturated rings. The maximum atomic E-state index is 11.0. The standard InChI is InChI=1S/C10H14N2O3/c13-5-4-7-6-12-8(10(14)15)2-1-3-9(12)11-7/h6,8,13H,1-5H2,(H,14,15). The number of imidazole rings is 1. The number of rotatable bonds is 3. The maximum absolute atomic E-state index is 11.0. The maximum Gasteiger partial charge on any atom is 0.326 e. The number of aryl methyl sites for hydroxylation is 1. The number of carboxylic acid groups (broad SMARTS) is 1. The van der Waals surface area contributed by atoms with Gasteiger partial charge in [-0.25, -0.2) is 9.78 Å². The molecule has 5 nitrogen and oxygen atoms in total. The molecule has 1 aromatic heterocycles. The molecule has 1 atom stereocenters. The van der Waals surface area contributed by atoms with E-state index >= 15 is 0 Å². The Morgan fingerprint density at radius 1 is 1.67 bits per heavy atom. The summed E-state index contributed by atoms with van der Waals surface area (Å²) in [6.45, 7) is 0.0498. The number of aliphatic hydroxyl groups is 1. The Bertz CT molecular complexity index is 373. The second-order valence-corrected chi connectivity index (χ2v) is 3.78. The first-order valence-electron chi connectivity index (χ1n) is 5.12. The minimum atomic E-state index is -0.802. The highest BCUT2D eigenvalue weighted by Crippen LogP contribution is 2.25. The Hall–Kier alpha value is -1.36. The minimum absolute atomic E-state index is 0.0498. The Balaban J connectivity index is 2.30. The summed E-state index contributed by atoms with van der Waals surface area (Å²) in [4.78, 5) is 15.3. The number of fused-ring (bicyclic) bond motifs is 1. The summed E-state index contributed by atoms with van der Waals surface area (Å²) in [6.07, 6.45) is 4.61. The summed E-state index contributed by atoms with van der Waals surface area (Å²) in [5, 5.41) is 17.8. The van der Waals surface area contributed by atoms with Gasteiger partial charge in [0.2, 0.25) is 0 Å². The first kappa shape index (κ1) is 10.2. The average molecular weight is 210 g/mol. The topological polar surface area (TPSA) is 75.3 Å². The summed E-state index contributed by atoms with van der Waals surface area (Å²) >= 11 is 0. The van der Waals surface area contributed by atoms with Crippen LogP contribution in [-0.2, 0) is 17.6 Å². The van der Waals surface area contributed by atoms with Gasteiger partial charge in [0.15, 0.2) is 0 Å². The predicted molar refractivity (Wildman–Crippen MR) is 52.6 cm³/mol. The lowest BCUT2D eigenvalue weighted by Gasteiger charge is -2.20. The lowest BCUT2D eigenvalue weighted by molar-refractivity contribution is -0.141. The summed E-state index contributed by atoms with van der Waals surface area (Å²) in [5.74, 6) is 0.0287. The zero-order valence-corrected chi connectivity index (χ0v) is 8.39. The number of hydrogen-bond acceptors (Lipinski definition) is 3. The van der Waals surface area contributed by atoms with Crippen molar-refractivity contribution in [3.05, 3.63) is 17.7 Å². The van der Waals surface area contributed by atoms with Crippen molar-refractivity contribution in [2.45, 2.75) is 31.7 Å². The number of carbonyl (C=O) groups is 1. The van der Waals surface area contributed by atoms with Crippen molar-refractivity contribution in [1.29, 1.82) is 0 Å². The van der Waals surface area contributed by atoms with Crippen molar-refractivity contribution in [2.24, 2.45) is 0 Å². The third-order valence-electron chi connectivity index (χ3n) is 2.73. The van der Waals surface area contributed by atoms with Gasteiger partial charge in [-0.3, -0.25) is 0 Å². The van der Waals surface area contributed by atoms with E-state index in [2.05, 4.69) is 4.98 Å². The molecule has 2 N–H and O–H groups in total. The number of aliphatic carboxylic acids is 1. The molecular weight excluding hydrogens is 196 g/mol. The van der Waals surface area contributed by atoms with Crippen LogP contribution in [0.25, 0.3) is 0 Å². The number of aliphatic hydroxyl groups excluding tert-OH is 1. The van der Waals surface area contributed by atoms with Crippen molar-refractivity contribution in [2.75, 3.05) is 6.61 Å². The summed E-state index contributed by atoms with van der Waals surface area (Å²) in [6, 6.07) is -0.478. The van der Waals surface area contributed by atoms with Gasteiger partial charge < -0.3 is 14.8 Å². The zero-order valence-electron chi connectivity index (χ0n) is 8.39. The van der Waals surface area contributed by atoms with Gasteiger partial charge in [0, 0.05) is 25.6 Å². The molecule has 82 valence electrons. The second kappa shape index (κ2) is 4.02. The van der Waals surface area contributed by atoms with Gasteiger partial charge >= 0.3 is 5.97 Å². The van der Waals surface area contributed by atoms with E-state index in [-0.39, 0.29) is 6.61 Å². The lowest BCUT2D eigenvalue weighted by Crippen LogP contribution is -2.24. The lowest BCUT2D eigenvalue weighted by atomic mass is 10.1. The second-order valence-electron chi connectivity index (χ2n) is 3.78. The van der Waals surface area contributed by atoms with E-state index in [1.54, 1.807) is 10.8 Å². The van der Waals surface area contributed by atoms with E-state index in [4.69, 9.17) is 10.2 Å². The highest BCUT2D eigenvalue weighted by atomic mass is 16.4. The van der Waals surface area contributed by atoms with Gasteiger partial charge in [-0.05, 0) is 12.8 Å². The smallest absolute Gasteiger partial charge is 0.326 e. The molecular formula is C10H14N2O3. The van der Waals surface area contributed by atoms with Crippen LogP contribution in [0.1, 0.15) is 30.4 Å². The fraction of sp³-hybridized carbons (Fsp3) is 0.600. The van der Waals surface area contributed by atoms with Crippen molar-refractivity contribution in [3.63, 3.8) is 0 Å². The molecule has 0 amide bonds. The largest absolute Gasteiger partial charge is 0.480 e. The Kier molecular flexibility index (Phi) is 2.73. The number of carboxylic acids is 1. The molecule has 0 saturated heterocycles. The first-order chi connectivity index (χ1) is 7.22. The summed E-state index contributed by atoms with van der Waals surface area (Å²) in [7, 11) is 0. The number of nitrogens with zero attached hydrogens (tertiary/aromatic N) is 2. The van der Waals surface area contributed by atoms with Gasteiger partial charge in [-0.1, -0.05) is 0 Å². The third kappa shape index (κ3) is 1.87. The normalized spacial score (nSPS) is 19.9. The molecule has 5 heteroatoms. The molecule has 0 spiro atoms. The summed E-state index contributed by atoms with van der Waals surface area (Å²) < 4.78 is 1.73. The average Bonchev–Trinajstić information content (AvgIpc) is 2.59. The molecule has 0 aromatic carbocycles. The SMILES string of the molecule is O=C(O)C1CCCc2nc(CCO)cn21. The quantitative estimate of drug-likeness (QED) is 0.756. The monoisotopic (exact) mass is 210 g/mol. The van der Waals surface area contributed by atoms with Gasteiger partial charge in [-0.2, -0.15) is 0 Å². The molecule has 0 aliphatic carbocycles. The van der Waals surface area contributed by atoms with Gasteiger partial charge in [0.25, 0.3) is 0 Å². The first-order valence-corrected chi connectivity index (χ1v) is 5.12. The highest BCUT2D eigenvalue weighted by Gasteiger charge is 2.26. The Morgan fingerprint density at radius 3 is 3.13 bits per heavy atom. The van der Waals surface area contributed by atoms with Crippen molar-refractivity contribution < 1.29 is 15.0 Å². The molecule has 0 radical (unpaired) electrons. The highest BCUT2D eigenvalue weighted by molar-refractivity contribution is 5.72. The zero-order chi connectivity index (χ0) is 10.8. The van der Waals surface area contributed by atoms with Gasteiger partial charge in [0.05, 0.1) is 5.69 Å². The molecule has 1 unspecified atom stereocenters. The van der Waals surface area contributed by atoms with Crippen LogP contribution in [0.5, 0.6) is 0 Å². The fourth-order valence-corrected chi connectivity index (χ4v) is 2.01. The van der Waals surface area contributed by atoms with E-state index in [9.17, 15) is 4.79 Å². The molecule has 1 aromatic rings. The third-order valence-corrected chi connectivity index (χ3v) is 2.73. The van der Waals surface area contributed by atoms with Crippen LogP contribution < -0.4 is 0 Å². The van der Waals surface area contributed by atoms with E-state index in [0.29, 0.717) is 12.8 Å². The molecule has 0 saturated carbocycles. The van der Waals surface area contributed by atoms with Crippen molar-refractivity contribution in [3.8, 4) is 0 Å². The van der Waals surface area contributed by atoms with E-state index in [1.165, 1.54) is 0 Å². The van der Waals surface area contributed by atoms with Crippen LogP contribution in [0, 0.1) is 0 Å². The van der Waals surface area contributed by atoms with Gasteiger partial charge in [0.1, 0.15) is 11.9 Å². The minimum Gasteiger partial charge on any atom is -0.480 e. The molecule has 15 heavy (non-hydrogen) atoms. The van der Waals surface area contributed by atoms with Crippen molar-refractivity contribution in [1.82, 2.24) is 9.55 Å². The van der Waals surface area contributed by atoms with E-state index in [0.717, 1.165) is 24.4 Å². The predicted octanol–water partition coefficient (Wildman–Crippen LogP) is 0.380. The fourth-order valence-electron chi connectivity index (χ4n) is 2.01. The van der Waals surface area contributed by atoms with Crippen LogP contribution in [0.3, 0.4) is 0 Å². The van der Waals surface area contributed by atoms with Gasteiger partial charge in [-0.15, -0.1) is 0 Å². The molecule has 0 bridgehead atoms. The van der Waals surface area contributed by atoms with E-state index in [1.807, 2.05) is 0 Å². The van der Waals surface area contributed by atoms with Crippen molar-refractivity contribution >= 4 is 5.97 Å².